The highest BCUT2D eigenvalue weighted by atomic mass is 79.9. The Morgan fingerprint density at radius 3 is 2.94 bits per heavy atom. The van der Waals surface area contributed by atoms with Crippen LogP contribution in [0, 0.1) is 16.7 Å². The second kappa shape index (κ2) is 5.58. The smallest absolute Gasteiger partial charge is 0.111 e. The summed E-state index contributed by atoms with van der Waals surface area (Å²) in [4.78, 5) is 0. The van der Waals surface area contributed by atoms with Crippen LogP contribution in [-0.2, 0) is 4.74 Å². The van der Waals surface area contributed by atoms with Gasteiger partial charge in [-0.25, -0.2) is 0 Å². The van der Waals surface area contributed by atoms with Gasteiger partial charge in [-0.3, -0.25) is 0 Å². The number of ether oxygens (including phenoxy) is 1. The number of rotatable bonds is 2. The summed E-state index contributed by atoms with van der Waals surface area (Å²) in [5, 5.41) is 20.3. The summed E-state index contributed by atoms with van der Waals surface area (Å²) in [5.74, 6) is 0. The summed E-state index contributed by atoms with van der Waals surface area (Å²) < 4.78 is 6.18. The van der Waals surface area contributed by atoms with Gasteiger partial charge in [-0.2, -0.15) is 5.26 Å². The predicted molar refractivity (Wildman–Crippen MR) is 72.2 cm³/mol. The first-order valence-corrected chi connectivity index (χ1v) is 6.88. The fourth-order valence-corrected chi connectivity index (χ4v) is 2.80. The van der Waals surface area contributed by atoms with Crippen LogP contribution in [0.25, 0.3) is 0 Å². The molecule has 1 aliphatic rings. The molecule has 1 saturated heterocycles. The van der Waals surface area contributed by atoms with E-state index < -0.39 is 11.5 Å². The monoisotopic (exact) mass is 329 g/mol. The van der Waals surface area contributed by atoms with Gasteiger partial charge in [0.1, 0.15) is 11.5 Å². The lowest BCUT2D eigenvalue weighted by Gasteiger charge is -2.35. The van der Waals surface area contributed by atoms with Crippen LogP contribution in [0.2, 0.25) is 5.02 Å². The molecular formula is C13H13BrClNO2. The number of hydrogen-bond acceptors (Lipinski definition) is 3. The molecule has 1 aromatic rings. The standard InChI is InChI=1S/C13H13BrClNO2/c14-9-2-3-11(15)10(6-9)12(17)13(7-16)4-1-5-18-8-13/h2-3,6,12,17H,1,4-5,8H2. The van der Waals surface area contributed by atoms with Gasteiger partial charge >= 0.3 is 0 Å². The van der Waals surface area contributed by atoms with Crippen molar-refractivity contribution in [2.45, 2.75) is 18.9 Å². The molecule has 18 heavy (non-hydrogen) atoms. The Labute approximate surface area is 119 Å². The minimum Gasteiger partial charge on any atom is -0.387 e. The summed E-state index contributed by atoms with van der Waals surface area (Å²) in [5.41, 5.74) is -0.332. The highest BCUT2D eigenvalue weighted by Gasteiger charge is 2.42. The second-order valence-electron chi connectivity index (χ2n) is 4.49. The number of benzene rings is 1. The minimum absolute atomic E-state index is 0.244. The summed E-state index contributed by atoms with van der Waals surface area (Å²) >= 11 is 9.44. The van der Waals surface area contributed by atoms with Crippen molar-refractivity contribution in [1.29, 1.82) is 5.26 Å². The highest BCUT2D eigenvalue weighted by Crippen LogP contribution is 2.42. The lowest BCUT2D eigenvalue weighted by molar-refractivity contribution is -0.0505. The fourth-order valence-electron chi connectivity index (χ4n) is 2.20. The molecule has 2 atom stereocenters. The van der Waals surface area contributed by atoms with Gasteiger partial charge in [0.05, 0.1) is 12.7 Å². The zero-order valence-corrected chi connectivity index (χ0v) is 12.0. The van der Waals surface area contributed by atoms with Crippen molar-refractivity contribution < 1.29 is 9.84 Å². The summed E-state index contributed by atoms with van der Waals surface area (Å²) in [7, 11) is 0. The minimum atomic E-state index is -0.937. The summed E-state index contributed by atoms with van der Waals surface area (Å²) in [6.45, 7) is 0.885. The molecule has 2 unspecified atom stereocenters. The third kappa shape index (κ3) is 2.55. The highest BCUT2D eigenvalue weighted by molar-refractivity contribution is 9.10. The number of halogens is 2. The molecule has 2 rings (SSSR count). The van der Waals surface area contributed by atoms with Crippen molar-refractivity contribution in [3.8, 4) is 6.07 Å². The van der Waals surface area contributed by atoms with Crippen LogP contribution in [-0.4, -0.2) is 18.3 Å². The van der Waals surface area contributed by atoms with Crippen molar-refractivity contribution in [1.82, 2.24) is 0 Å². The first-order valence-electron chi connectivity index (χ1n) is 5.71. The normalized spacial score (nSPS) is 25.4. The average molecular weight is 331 g/mol. The first kappa shape index (κ1) is 13.8. The molecule has 1 aliphatic heterocycles. The van der Waals surface area contributed by atoms with Gasteiger partial charge in [0.15, 0.2) is 0 Å². The van der Waals surface area contributed by atoms with Crippen molar-refractivity contribution in [3.63, 3.8) is 0 Å². The number of nitriles is 1. The molecule has 0 bridgehead atoms. The second-order valence-corrected chi connectivity index (χ2v) is 5.82. The Balaban J connectivity index is 2.37. The van der Waals surface area contributed by atoms with E-state index in [1.165, 1.54) is 0 Å². The molecule has 3 nitrogen and oxygen atoms in total. The van der Waals surface area contributed by atoms with Crippen LogP contribution >= 0.6 is 27.5 Å². The Kier molecular flexibility index (Phi) is 4.29. The number of nitrogens with zero attached hydrogens (tertiary/aromatic N) is 1. The third-order valence-electron chi connectivity index (χ3n) is 3.27. The number of hydrogen-bond donors (Lipinski definition) is 1. The van der Waals surface area contributed by atoms with Crippen molar-refractivity contribution in [2.75, 3.05) is 13.2 Å². The van der Waals surface area contributed by atoms with Gasteiger partial charge in [-0.05, 0) is 31.0 Å². The lowest BCUT2D eigenvalue weighted by atomic mass is 9.76. The Bertz CT molecular complexity index is 480. The van der Waals surface area contributed by atoms with E-state index in [2.05, 4.69) is 22.0 Å². The maximum Gasteiger partial charge on any atom is 0.111 e. The maximum atomic E-state index is 10.5. The quantitative estimate of drug-likeness (QED) is 0.903. The lowest BCUT2D eigenvalue weighted by Crippen LogP contribution is -2.36. The zero-order valence-electron chi connectivity index (χ0n) is 9.70. The van der Waals surface area contributed by atoms with Crippen LogP contribution in [0.1, 0.15) is 24.5 Å². The summed E-state index contributed by atoms with van der Waals surface area (Å²) in [6, 6.07) is 7.47. The molecule has 1 aromatic carbocycles. The first-order chi connectivity index (χ1) is 8.59. The fraction of sp³-hybridized carbons (Fsp3) is 0.462. The van der Waals surface area contributed by atoms with E-state index in [1.54, 1.807) is 18.2 Å². The van der Waals surface area contributed by atoms with E-state index in [9.17, 15) is 10.4 Å². The van der Waals surface area contributed by atoms with Crippen LogP contribution in [0.15, 0.2) is 22.7 Å². The Morgan fingerprint density at radius 2 is 2.33 bits per heavy atom. The van der Waals surface area contributed by atoms with Crippen molar-refractivity contribution in [3.05, 3.63) is 33.3 Å². The summed E-state index contributed by atoms with van der Waals surface area (Å²) in [6.07, 6.45) is 0.455. The molecule has 0 radical (unpaired) electrons. The molecule has 96 valence electrons. The van der Waals surface area contributed by atoms with Crippen LogP contribution < -0.4 is 0 Å². The molecule has 5 heteroatoms. The van der Waals surface area contributed by atoms with Crippen molar-refractivity contribution >= 4 is 27.5 Å². The van der Waals surface area contributed by atoms with E-state index in [0.717, 1.165) is 10.9 Å². The molecule has 0 aromatic heterocycles. The molecule has 0 aliphatic carbocycles. The van der Waals surface area contributed by atoms with E-state index >= 15 is 0 Å². The van der Waals surface area contributed by atoms with E-state index in [-0.39, 0.29) is 6.61 Å². The number of aliphatic hydroxyl groups excluding tert-OH is 1. The third-order valence-corrected chi connectivity index (χ3v) is 4.11. The van der Waals surface area contributed by atoms with Gasteiger partial charge in [0, 0.05) is 21.7 Å². The molecular weight excluding hydrogens is 318 g/mol. The number of aliphatic hydroxyl groups is 1. The Hall–Kier alpha value is -0.600. The van der Waals surface area contributed by atoms with Gasteiger partial charge < -0.3 is 9.84 Å². The van der Waals surface area contributed by atoms with Gasteiger partial charge in [0.2, 0.25) is 0 Å². The van der Waals surface area contributed by atoms with E-state index in [0.29, 0.717) is 23.6 Å². The largest absolute Gasteiger partial charge is 0.387 e. The molecule has 0 saturated carbocycles. The topological polar surface area (TPSA) is 53.2 Å². The van der Waals surface area contributed by atoms with Crippen molar-refractivity contribution in [2.24, 2.45) is 5.41 Å². The molecule has 1 heterocycles. The molecule has 0 amide bonds. The molecule has 0 spiro atoms. The molecule has 1 fully saturated rings. The van der Waals surface area contributed by atoms with Gasteiger partial charge in [-0.15, -0.1) is 0 Å². The van der Waals surface area contributed by atoms with E-state index in [1.807, 2.05) is 0 Å². The predicted octanol–water partition coefficient (Wildman–Crippen LogP) is 3.46. The van der Waals surface area contributed by atoms with Gasteiger partial charge in [-0.1, -0.05) is 27.5 Å². The average Bonchev–Trinajstić information content (AvgIpc) is 2.41. The van der Waals surface area contributed by atoms with E-state index in [4.69, 9.17) is 16.3 Å². The SMILES string of the molecule is N#CC1(C(O)c2cc(Br)ccc2Cl)CCCOC1. The van der Waals surface area contributed by atoms with Crippen LogP contribution in [0.4, 0.5) is 0 Å². The van der Waals surface area contributed by atoms with Crippen LogP contribution in [0.3, 0.4) is 0 Å². The van der Waals surface area contributed by atoms with Gasteiger partial charge in [0.25, 0.3) is 0 Å². The Morgan fingerprint density at radius 1 is 1.56 bits per heavy atom. The zero-order chi connectivity index (χ0) is 13.2. The molecule has 1 N–H and O–H groups in total. The van der Waals surface area contributed by atoms with Crippen LogP contribution in [0.5, 0.6) is 0 Å². The maximum absolute atomic E-state index is 10.5.